The Kier molecular flexibility index (Phi) is 8.06. The molecule has 0 aliphatic carbocycles. The molecular weight excluding hydrogens is 460 g/mol. The number of halogens is 1. The fourth-order valence-corrected chi connectivity index (χ4v) is 3.17. The van der Waals surface area contributed by atoms with E-state index in [1.165, 1.54) is 0 Å². The number of rotatable bonds is 9. The summed E-state index contributed by atoms with van der Waals surface area (Å²) in [6, 6.07) is 20.5. The molecule has 3 aromatic rings. The van der Waals surface area contributed by atoms with E-state index in [0.29, 0.717) is 36.0 Å². The minimum Gasteiger partial charge on any atom is -0.493 e. The lowest BCUT2D eigenvalue weighted by Gasteiger charge is -2.11. The van der Waals surface area contributed by atoms with Crippen LogP contribution in [0.1, 0.15) is 28.4 Å². The third-order valence-electron chi connectivity index (χ3n) is 4.29. The van der Waals surface area contributed by atoms with E-state index in [1.807, 2.05) is 49.4 Å². The molecule has 0 spiro atoms. The number of hydrazone groups is 1. The van der Waals surface area contributed by atoms with Crippen LogP contribution in [0.5, 0.6) is 17.2 Å². The molecule has 3 aromatic carbocycles. The van der Waals surface area contributed by atoms with Gasteiger partial charge in [-0.25, -0.2) is 5.43 Å². The molecular formula is C24H23BrN2O4. The number of carbonyl (C=O) groups is 1. The summed E-state index contributed by atoms with van der Waals surface area (Å²) in [5, 5.41) is 4.07. The molecule has 7 heteroatoms. The molecule has 0 saturated carbocycles. The van der Waals surface area contributed by atoms with Gasteiger partial charge in [-0.15, -0.1) is 0 Å². The van der Waals surface area contributed by atoms with Gasteiger partial charge in [-0.05, 0) is 54.4 Å². The van der Waals surface area contributed by atoms with E-state index >= 15 is 0 Å². The van der Waals surface area contributed by atoms with Crippen molar-refractivity contribution >= 4 is 28.1 Å². The van der Waals surface area contributed by atoms with Crippen molar-refractivity contribution in [2.24, 2.45) is 5.10 Å². The largest absolute Gasteiger partial charge is 0.493 e. The lowest BCUT2D eigenvalue weighted by Crippen LogP contribution is -2.19. The molecule has 0 unspecified atom stereocenters. The summed E-state index contributed by atoms with van der Waals surface area (Å²) in [5.74, 6) is 1.35. The normalized spacial score (nSPS) is 10.7. The van der Waals surface area contributed by atoms with Crippen molar-refractivity contribution in [3.8, 4) is 17.2 Å². The summed E-state index contributed by atoms with van der Waals surface area (Å²) in [6.45, 7) is 2.81. The van der Waals surface area contributed by atoms with Gasteiger partial charge in [0, 0.05) is 4.47 Å². The molecule has 160 valence electrons. The fourth-order valence-electron chi connectivity index (χ4n) is 2.81. The molecule has 0 aromatic heterocycles. The van der Waals surface area contributed by atoms with Gasteiger partial charge in [0.1, 0.15) is 12.4 Å². The molecule has 6 nitrogen and oxygen atoms in total. The predicted octanol–water partition coefficient (Wildman–Crippen LogP) is 5.20. The van der Waals surface area contributed by atoms with Crippen LogP contribution in [0, 0.1) is 0 Å². The number of benzene rings is 3. The van der Waals surface area contributed by atoms with Gasteiger partial charge in [-0.2, -0.15) is 5.10 Å². The molecule has 0 saturated heterocycles. The summed E-state index contributed by atoms with van der Waals surface area (Å²) in [6.07, 6.45) is 1.54. The number of nitrogens with one attached hydrogen (secondary N) is 1. The number of nitrogens with zero attached hydrogens (tertiary/aromatic N) is 1. The van der Waals surface area contributed by atoms with E-state index in [2.05, 4.69) is 26.5 Å². The van der Waals surface area contributed by atoms with E-state index in [-0.39, 0.29) is 5.91 Å². The van der Waals surface area contributed by atoms with Crippen LogP contribution in [-0.2, 0) is 6.61 Å². The number of ether oxygens (including phenoxy) is 3. The van der Waals surface area contributed by atoms with Gasteiger partial charge in [-0.1, -0.05) is 46.3 Å². The Morgan fingerprint density at radius 3 is 2.52 bits per heavy atom. The van der Waals surface area contributed by atoms with Gasteiger partial charge in [0.05, 0.1) is 25.5 Å². The minimum atomic E-state index is -0.376. The smallest absolute Gasteiger partial charge is 0.275 e. The molecule has 0 radical (unpaired) electrons. The van der Waals surface area contributed by atoms with E-state index in [1.54, 1.807) is 37.6 Å². The van der Waals surface area contributed by atoms with E-state index in [4.69, 9.17) is 14.2 Å². The number of hydrogen-bond donors (Lipinski definition) is 1. The maximum Gasteiger partial charge on any atom is 0.275 e. The summed E-state index contributed by atoms with van der Waals surface area (Å²) in [7, 11) is 1.57. The Morgan fingerprint density at radius 1 is 1.00 bits per heavy atom. The maximum atomic E-state index is 12.7. The van der Waals surface area contributed by atoms with Gasteiger partial charge in [-0.3, -0.25) is 4.79 Å². The van der Waals surface area contributed by atoms with E-state index in [9.17, 15) is 4.79 Å². The summed E-state index contributed by atoms with van der Waals surface area (Å²) in [4.78, 5) is 12.7. The molecule has 3 rings (SSSR count). The highest BCUT2D eigenvalue weighted by atomic mass is 79.9. The number of carbonyl (C=O) groups excluding carboxylic acids is 1. The van der Waals surface area contributed by atoms with Crippen molar-refractivity contribution < 1.29 is 19.0 Å². The first-order valence-electron chi connectivity index (χ1n) is 9.71. The first-order valence-corrected chi connectivity index (χ1v) is 10.5. The van der Waals surface area contributed by atoms with Crippen molar-refractivity contribution in [2.45, 2.75) is 13.5 Å². The fraction of sp³-hybridized carbons (Fsp3) is 0.167. The zero-order chi connectivity index (χ0) is 22.1. The molecule has 0 bridgehead atoms. The molecule has 0 aliphatic heterocycles. The van der Waals surface area contributed by atoms with Crippen molar-refractivity contribution in [1.29, 1.82) is 0 Å². The monoisotopic (exact) mass is 482 g/mol. The van der Waals surface area contributed by atoms with Gasteiger partial charge >= 0.3 is 0 Å². The molecule has 31 heavy (non-hydrogen) atoms. The second kappa shape index (κ2) is 11.2. The Morgan fingerprint density at radius 2 is 1.77 bits per heavy atom. The molecule has 0 fully saturated rings. The highest BCUT2D eigenvalue weighted by molar-refractivity contribution is 9.10. The first-order chi connectivity index (χ1) is 15.1. The Hall–Kier alpha value is -3.32. The SMILES string of the molecule is CCOc1ccc(C=NNC(=O)c2cc(Br)ccc2OCc2ccccc2)cc1OC. The maximum absolute atomic E-state index is 12.7. The van der Waals surface area contributed by atoms with Gasteiger partial charge in [0.15, 0.2) is 11.5 Å². The summed E-state index contributed by atoms with van der Waals surface area (Å²) < 4.78 is 17.5. The molecule has 1 amide bonds. The van der Waals surface area contributed by atoms with Gasteiger partial charge in [0.2, 0.25) is 0 Å². The molecule has 1 N–H and O–H groups in total. The zero-order valence-electron chi connectivity index (χ0n) is 17.3. The van der Waals surface area contributed by atoms with Crippen LogP contribution >= 0.6 is 15.9 Å². The standard InChI is InChI=1S/C24H23BrN2O4/c1-3-30-22-11-9-18(13-23(22)29-2)15-26-27-24(28)20-14-19(25)10-12-21(20)31-16-17-7-5-4-6-8-17/h4-15H,3,16H2,1-2H3,(H,27,28). The Bertz CT molecular complexity index is 1050. The van der Waals surface area contributed by atoms with Crippen LogP contribution in [0.3, 0.4) is 0 Å². The lowest BCUT2D eigenvalue weighted by atomic mass is 10.2. The number of methoxy groups -OCH3 is 1. The quantitative estimate of drug-likeness (QED) is 0.336. The Labute approximate surface area is 190 Å². The van der Waals surface area contributed by atoms with E-state index in [0.717, 1.165) is 15.6 Å². The van der Waals surface area contributed by atoms with Crippen LogP contribution < -0.4 is 19.6 Å². The highest BCUT2D eigenvalue weighted by Crippen LogP contribution is 2.27. The van der Waals surface area contributed by atoms with Gasteiger partial charge in [0.25, 0.3) is 5.91 Å². The Balaban J connectivity index is 1.69. The predicted molar refractivity (Wildman–Crippen MR) is 124 cm³/mol. The molecule has 0 aliphatic rings. The second-order valence-electron chi connectivity index (χ2n) is 6.46. The number of hydrogen-bond acceptors (Lipinski definition) is 5. The van der Waals surface area contributed by atoms with Crippen LogP contribution in [-0.4, -0.2) is 25.8 Å². The van der Waals surface area contributed by atoms with Gasteiger partial charge < -0.3 is 14.2 Å². The summed E-state index contributed by atoms with van der Waals surface area (Å²) >= 11 is 3.40. The van der Waals surface area contributed by atoms with Crippen molar-refractivity contribution in [3.63, 3.8) is 0 Å². The number of amides is 1. The third kappa shape index (κ3) is 6.33. The topological polar surface area (TPSA) is 69.2 Å². The average Bonchev–Trinajstić information content (AvgIpc) is 2.79. The van der Waals surface area contributed by atoms with Crippen LogP contribution in [0.25, 0.3) is 0 Å². The van der Waals surface area contributed by atoms with Crippen molar-refractivity contribution in [3.05, 3.63) is 87.9 Å². The van der Waals surface area contributed by atoms with Crippen LogP contribution in [0.2, 0.25) is 0 Å². The second-order valence-corrected chi connectivity index (χ2v) is 7.37. The third-order valence-corrected chi connectivity index (χ3v) is 4.78. The molecule has 0 heterocycles. The highest BCUT2D eigenvalue weighted by Gasteiger charge is 2.13. The van der Waals surface area contributed by atoms with Crippen LogP contribution in [0.15, 0.2) is 76.3 Å². The first kappa shape index (κ1) is 22.4. The van der Waals surface area contributed by atoms with E-state index < -0.39 is 0 Å². The average molecular weight is 483 g/mol. The minimum absolute atomic E-state index is 0.359. The lowest BCUT2D eigenvalue weighted by molar-refractivity contribution is 0.0950. The molecule has 0 atom stereocenters. The van der Waals surface area contributed by atoms with Crippen molar-refractivity contribution in [2.75, 3.05) is 13.7 Å². The van der Waals surface area contributed by atoms with Crippen LogP contribution in [0.4, 0.5) is 0 Å². The van der Waals surface area contributed by atoms with Crippen molar-refractivity contribution in [1.82, 2.24) is 5.43 Å². The summed E-state index contributed by atoms with van der Waals surface area (Å²) in [5.41, 5.74) is 4.70. The zero-order valence-corrected chi connectivity index (χ0v) is 18.9.